The molecule has 2 N–H and O–H groups in total. The SMILES string of the molecule is COc1cccc(C(N)CSC2CCOCC2)c1. The van der Waals surface area contributed by atoms with E-state index in [2.05, 4.69) is 6.07 Å². The third-order valence-electron chi connectivity index (χ3n) is 3.20. The molecule has 1 aromatic carbocycles. The van der Waals surface area contributed by atoms with Crippen LogP contribution in [0.1, 0.15) is 24.4 Å². The van der Waals surface area contributed by atoms with Gasteiger partial charge < -0.3 is 15.2 Å². The highest BCUT2D eigenvalue weighted by molar-refractivity contribution is 7.99. The van der Waals surface area contributed by atoms with Crippen LogP contribution in [0.5, 0.6) is 5.75 Å². The number of rotatable bonds is 5. The maximum atomic E-state index is 6.23. The summed E-state index contributed by atoms with van der Waals surface area (Å²) in [5.41, 5.74) is 7.38. The van der Waals surface area contributed by atoms with Gasteiger partial charge in [-0.25, -0.2) is 0 Å². The van der Waals surface area contributed by atoms with Crippen molar-refractivity contribution in [3.8, 4) is 5.75 Å². The van der Waals surface area contributed by atoms with Crippen molar-refractivity contribution in [2.24, 2.45) is 5.73 Å². The number of benzene rings is 1. The van der Waals surface area contributed by atoms with Gasteiger partial charge in [0.05, 0.1) is 7.11 Å². The van der Waals surface area contributed by atoms with E-state index in [1.54, 1.807) is 7.11 Å². The second kappa shape index (κ2) is 7.02. The molecule has 0 spiro atoms. The summed E-state index contributed by atoms with van der Waals surface area (Å²) in [6.45, 7) is 1.79. The fraction of sp³-hybridized carbons (Fsp3) is 0.571. The molecule has 1 unspecified atom stereocenters. The Labute approximate surface area is 113 Å². The smallest absolute Gasteiger partial charge is 0.119 e. The van der Waals surface area contributed by atoms with Crippen LogP contribution >= 0.6 is 11.8 Å². The van der Waals surface area contributed by atoms with E-state index in [-0.39, 0.29) is 6.04 Å². The molecule has 0 aromatic heterocycles. The summed E-state index contributed by atoms with van der Waals surface area (Å²) in [4.78, 5) is 0. The standard InChI is InChI=1S/C14H21NO2S/c1-16-12-4-2-3-11(9-12)14(15)10-18-13-5-7-17-8-6-13/h2-4,9,13-14H,5-8,10,15H2,1H3. The Kier molecular flexibility index (Phi) is 5.35. The van der Waals surface area contributed by atoms with Gasteiger partial charge in [-0.05, 0) is 30.5 Å². The van der Waals surface area contributed by atoms with E-state index in [0.29, 0.717) is 5.25 Å². The molecule has 1 aromatic rings. The van der Waals surface area contributed by atoms with E-state index >= 15 is 0 Å². The molecule has 1 atom stereocenters. The van der Waals surface area contributed by atoms with Crippen molar-refractivity contribution in [3.63, 3.8) is 0 Å². The number of hydrogen-bond acceptors (Lipinski definition) is 4. The summed E-state index contributed by atoms with van der Waals surface area (Å²) in [7, 11) is 1.68. The molecule has 1 saturated heterocycles. The van der Waals surface area contributed by atoms with Gasteiger partial charge in [-0.3, -0.25) is 0 Å². The first-order valence-corrected chi connectivity index (χ1v) is 7.43. The van der Waals surface area contributed by atoms with Crippen LogP contribution in [0.25, 0.3) is 0 Å². The zero-order valence-electron chi connectivity index (χ0n) is 10.8. The van der Waals surface area contributed by atoms with Gasteiger partial charge in [0.2, 0.25) is 0 Å². The quantitative estimate of drug-likeness (QED) is 0.890. The van der Waals surface area contributed by atoms with Crippen molar-refractivity contribution < 1.29 is 9.47 Å². The third-order valence-corrected chi connectivity index (χ3v) is 4.70. The molecule has 0 radical (unpaired) electrons. The van der Waals surface area contributed by atoms with E-state index in [4.69, 9.17) is 15.2 Å². The molecule has 0 bridgehead atoms. The first-order chi connectivity index (χ1) is 8.79. The Morgan fingerprint density at radius 1 is 1.44 bits per heavy atom. The second-order valence-electron chi connectivity index (χ2n) is 4.53. The molecule has 0 saturated carbocycles. The lowest BCUT2D eigenvalue weighted by Crippen LogP contribution is -2.21. The number of ether oxygens (including phenoxy) is 2. The Balaban J connectivity index is 1.84. The Morgan fingerprint density at radius 2 is 2.22 bits per heavy atom. The lowest BCUT2D eigenvalue weighted by atomic mass is 10.1. The van der Waals surface area contributed by atoms with E-state index in [1.807, 2.05) is 30.0 Å². The largest absolute Gasteiger partial charge is 0.497 e. The Morgan fingerprint density at radius 3 is 2.94 bits per heavy atom. The molecular weight excluding hydrogens is 246 g/mol. The number of methoxy groups -OCH3 is 1. The first kappa shape index (κ1) is 13.7. The second-order valence-corrected chi connectivity index (χ2v) is 5.86. The fourth-order valence-electron chi connectivity index (χ4n) is 2.05. The van der Waals surface area contributed by atoms with Crippen molar-refractivity contribution in [2.45, 2.75) is 24.1 Å². The molecule has 18 heavy (non-hydrogen) atoms. The lowest BCUT2D eigenvalue weighted by Gasteiger charge is -2.23. The van der Waals surface area contributed by atoms with E-state index in [0.717, 1.165) is 43.1 Å². The van der Waals surface area contributed by atoms with Crippen molar-refractivity contribution in [1.82, 2.24) is 0 Å². The highest BCUT2D eigenvalue weighted by Gasteiger charge is 2.16. The lowest BCUT2D eigenvalue weighted by molar-refractivity contribution is 0.1000. The molecular formula is C14H21NO2S. The minimum Gasteiger partial charge on any atom is -0.497 e. The predicted octanol–water partition coefficient (Wildman–Crippen LogP) is 2.61. The summed E-state index contributed by atoms with van der Waals surface area (Å²) in [6, 6.07) is 8.11. The average Bonchev–Trinajstić information content (AvgIpc) is 2.46. The summed E-state index contributed by atoms with van der Waals surface area (Å²) in [6.07, 6.45) is 2.30. The number of thioether (sulfide) groups is 1. The Hall–Kier alpha value is -0.710. The highest BCUT2D eigenvalue weighted by Crippen LogP contribution is 2.27. The van der Waals surface area contributed by atoms with Gasteiger partial charge in [0.15, 0.2) is 0 Å². The maximum absolute atomic E-state index is 6.23. The van der Waals surface area contributed by atoms with E-state index in [1.165, 1.54) is 0 Å². The normalized spacial score (nSPS) is 18.6. The van der Waals surface area contributed by atoms with Crippen molar-refractivity contribution >= 4 is 11.8 Å². The predicted molar refractivity (Wildman–Crippen MR) is 76.2 cm³/mol. The van der Waals surface area contributed by atoms with Crippen LogP contribution in [-0.2, 0) is 4.74 Å². The third kappa shape index (κ3) is 3.90. The topological polar surface area (TPSA) is 44.5 Å². The number of hydrogen-bond donors (Lipinski definition) is 1. The molecule has 1 heterocycles. The molecule has 1 fully saturated rings. The van der Waals surface area contributed by atoms with Crippen LogP contribution in [0, 0.1) is 0 Å². The van der Waals surface area contributed by atoms with Gasteiger partial charge in [0.25, 0.3) is 0 Å². The minimum absolute atomic E-state index is 0.0768. The minimum atomic E-state index is 0.0768. The molecule has 100 valence electrons. The zero-order valence-corrected chi connectivity index (χ0v) is 11.6. The summed E-state index contributed by atoms with van der Waals surface area (Å²) < 4.78 is 10.6. The van der Waals surface area contributed by atoms with E-state index < -0.39 is 0 Å². The van der Waals surface area contributed by atoms with Gasteiger partial charge >= 0.3 is 0 Å². The van der Waals surface area contributed by atoms with Crippen LogP contribution in [0.3, 0.4) is 0 Å². The van der Waals surface area contributed by atoms with E-state index in [9.17, 15) is 0 Å². The van der Waals surface area contributed by atoms with Crippen molar-refractivity contribution in [2.75, 3.05) is 26.1 Å². The zero-order chi connectivity index (χ0) is 12.8. The van der Waals surface area contributed by atoms with Crippen molar-refractivity contribution in [3.05, 3.63) is 29.8 Å². The van der Waals surface area contributed by atoms with Crippen LogP contribution in [-0.4, -0.2) is 31.3 Å². The van der Waals surface area contributed by atoms with Gasteiger partial charge in [-0.1, -0.05) is 12.1 Å². The van der Waals surface area contributed by atoms with Crippen LogP contribution in [0.15, 0.2) is 24.3 Å². The van der Waals surface area contributed by atoms with Gasteiger partial charge in [0.1, 0.15) is 5.75 Å². The van der Waals surface area contributed by atoms with Gasteiger partial charge in [-0.2, -0.15) is 11.8 Å². The molecule has 0 aliphatic carbocycles. The van der Waals surface area contributed by atoms with Crippen LogP contribution in [0.4, 0.5) is 0 Å². The number of nitrogens with two attached hydrogens (primary N) is 1. The molecule has 0 amide bonds. The molecule has 2 rings (SSSR count). The van der Waals surface area contributed by atoms with Crippen LogP contribution in [0.2, 0.25) is 0 Å². The molecule has 3 nitrogen and oxygen atoms in total. The van der Waals surface area contributed by atoms with Gasteiger partial charge in [-0.15, -0.1) is 0 Å². The monoisotopic (exact) mass is 267 g/mol. The first-order valence-electron chi connectivity index (χ1n) is 6.38. The highest BCUT2D eigenvalue weighted by atomic mass is 32.2. The average molecular weight is 267 g/mol. The van der Waals surface area contributed by atoms with Crippen molar-refractivity contribution in [1.29, 1.82) is 0 Å². The molecule has 4 heteroatoms. The maximum Gasteiger partial charge on any atom is 0.119 e. The summed E-state index contributed by atoms with van der Waals surface area (Å²) >= 11 is 1.97. The van der Waals surface area contributed by atoms with Gasteiger partial charge in [0, 0.05) is 30.3 Å². The summed E-state index contributed by atoms with van der Waals surface area (Å²) in [5.74, 6) is 1.83. The summed E-state index contributed by atoms with van der Waals surface area (Å²) in [5, 5.41) is 0.704. The molecule has 1 aliphatic rings. The molecule has 1 aliphatic heterocycles. The fourth-order valence-corrected chi connectivity index (χ4v) is 3.25. The van der Waals surface area contributed by atoms with Crippen LogP contribution < -0.4 is 10.5 Å². The Bertz CT molecular complexity index is 367.